The molecule has 0 bridgehead atoms. The van der Waals surface area contributed by atoms with Gasteiger partial charge in [-0.2, -0.15) is 5.10 Å². The molecule has 2 heterocycles. The van der Waals surface area contributed by atoms with Crippen LogP contribution in [-0.2, 0) is 6.42 Å². The summed E-state index contributed by atoms with van der Waals surface area (Å²) in [6.07, 6.45) is 7.12. The molecule has 0 saturated heterocycles. The summed E-state index contributed by atoms with van der Waals surface area (Å²) in [4.78, 5) is 8.46. The van der Waals surface area contributed by atoms with Crippen molar-refractivity contribution in [2.24, 2.45) is 0 Å². The van der Waals surface area contributed by atoms with E-state index in [1.54, 1.807) is 18.6 Å². The van der Waals surface area contributed by atoms with Crippen LogP contribution in [0.15, 0.2) is 42.9 Å². The van der Waals surface area contributed by atoms with Crippen LogP contribution in [0.4, 0.5) is 0 Å². The van der Waals surface area contributed by atoms with Gasteiger partial charge in [-0.25, -0.2) is 4.98 Å². The lowest BCUT2D eigenvalue weighted by atomic mass is 10.1. The third-order valence-corrected chi connectivity index (χ3v) is 4.20. The topological polar surface area (TPSA) is 59.4 Å². The lowest BCUT2D eigenvalue weighted by Gasteiger charge is -2.15. The Morgan fingerprint density at radius 1 is 1.24 bits per heavy atom. The molecule has 4 rings (SSSR count). The van der Waals surface area contributed by atoms with Crippen molar-refractivity contribution in [2.45, 2.75) is 18.9 Å². The van der Waals surface area contributed by atoms with Crippen molar-refractivity contribution < 1.29 is 0 Å². The highest BCUT2D eigenvalue weighted by molar-refractivity contribution is 7.71. The monoisotopic (exact) mass is 295 g/mol. The van der Waals surface area contributed by atoms with Crippen LogP contribution in [0.1, 0.15) is 23.6 Å². The molecule has 1 aliphatic rings. The fourth-order valence-corrected chi connectivity index (χ4v) is 3.25. The predicted molar refractivity (Wildman–Crippen MR) is 81.3 cm³/mol. The molecule has 3 aromatic rings. The smallest absolute Gasteiger partial charge is 0.196 e. The number of fused-ring (bicyclic) bond motifs is 1. The van der Waals surface area contributed by atoms with Gasteiger partial charge in [-0.05, 0) is 36.2 Å². The van der Waals surface area contributed by atoms with Gasteiger partial charge < -0.3 is 0 Å². The van der Waals surface area contributed by atoms with Crippen molar-refractivity contribution in [3.8, 4) is 11.5 Å². The molecule has 1 atom stereocenters. The molecule has 5 nitrogen and oxygen atoms in total. The number of benzene rings is 1. The number of rotatable bonds is 2. The summed E-state index contributed by atoms with van der Waals surface area (Å²) in [5, 5.41) is 7.24. The van der Waals surface area contributed by atoms with Crippen molar-refractivity contribution in [3.63, 3.8) is 0 Å². The van der Waals surface area contributed by atoms with E-state index in [1.165, 1.54) is 11.1 Å². The van der Waals surface area contributed by atoms with Crippen molar-refractivity contribution in [3.05, 3.63) is 58.8 Å². The molecule has 1 aliphatic carbocycles. The molecule has 0 radical (unpaired) electrons. The van der Waals surface area contributed by atoms with Crippen LogP contribution in [-0.4, -0.2) is 24.7 Å². The average molecular weight is 295 g/mol. The third-order valence-electron chi connectivity index (χ3n) is 3.91. The molecule has 6 heteroatoms. The normalized spacial score (nSPS) is 16.9. The zero-order valence-electron chi connectivity index (χ0n) is 11.2. The zero-order chi connectivity index (χ0) is 14.2. The molecule has 0 spiro atoms. The van der Waals surface area contributed by atoms with Crippen LogP contribution in [0.5, 0.6) is 0 Å². The van der Waals surface area contributed by atoms with Gasteiger partial charge in [0.1, 0.15) is 5.69 Å². The molecule has 0 unspecified atom stereocenters. The Morgan fingerprint density at radius 2 is 2.14 bits per heavy atom. The number of hydrogen-bond donors (Lipinski definition) is 1. The van der Waals surface area contributed by atoms with Gasteiger partial charge in [0.05, 0.1) is 12.2 Å². The fourth-order valence-electron chi connectivity index (χ4n) is 2.99. The van der Waals surface area contributed by atoms with Crippen molar-refractivity contribution in [1.82, 2.24) is 24.7 Å². The van der Waals surface area contributed by atoms with E-state index in [-0.39, 0.29) is 6.04 Å². The molecule has 0 amide bonds. The Hall–Kier alpha value is -2.34. The minimum atomic E-state index is 0.212. The highest BCUT2D eigenvalue weighted by Gasteiger charge is 2.27. The first-order chi connectivity index (χ1) is 10.3. The first kappa shape index (κ1) is 12.4. The minimum absolute atomic E-state index is 0.212. The molecule has 2 aromatic heterocycles. The van der Waals surface area contributed by atoms with E-state index in [1.807, 2.05) is 0 Å². The Balaban J connectivity index is 1.88. The summed E-state index contributed by atoms with van der Waals surface area (Å²) in [6.45, 7) is 0. The van der Waals surface area contributed by atoms with E-state index in [4.69, 9.17) is 12.2 Å². The summed E-state index contributed by atoms with van der Waals surface area (Å²) in [6, 6.07) is 8.72. The van der Waals surface area contributed by atoms with Gasteiger partial charge in [-0.1, -0.05) is 24.3 Å². The molecule has 21 heavy (non-hydrogen) atoms. The van der Waals surface area contributed by atoms with Crippen LogP contribution in [0, 0.1) is 4.77 Å². The SMILES string of the molecule is S=c1[nH]nc(-c2cnccn2)n1[C@H]1CCc2ccccc21. The molecule has 0 fully saturated rings. The Morgan fingerprint density at radius 3 is 3.00 bits per heavy atom. The molecular weight excluding hydrogens is 282 g/mol. The summed E-state index contributed by atoms with van der Waals surface area (Å²) in [5.74, 6) is 0.745. The Bertz CT molecular complexity index is 837. The lowest BCUT2D eigenvalue weighted by molar-refractivity contribution is 0.576. The number of aryl methyl sites for hydroxylation is 1. The van der Waals surface area contributed by atoms with E-state index in [0.717, 1.165) is 24.4 Å². The summed E-state index contributed by atoms with van der Waals surface area (Å²) < 4.78 is 2.68. The zero-order valence-corrected chi connectivity index (χ0v) is 12.0. The third kappa shape index (κ3) is 1.99. The van der Waals surface area contributed by atoms with Crippen LogP contribution in [0.3, 0.4) is 0 Å². The lowest BCUT2D eigenvalue weighted by Crippen LogP contribution is -2.10. The van der Waals surface area contributed by atoms with Crippen LogP contribution in [0.2, 0.25) is 0 Å². The van der Waals surface area contributed by atoms with Crippen molar-refractivity contribution in [2.75, 3.05) is 0 Å². The van der Waals surface area contributed by atoms with Crippen molar-refractivity contribution in [1.29, 1.82) is 0 Å². The van der Waals surface area contributed by atoms with Crippen LogP contribution >= 0.6 is 12.2 Å². The van der Waals surface area contributed by atoms with E-state index in [9.17, 15) is 0 Å². The number of H-pyrrole nitrogens is 1. The van der Waals surface area contributed by atoms with Gasteiger partial charge in [0, 0.05) is 12.4 Å². The number of nitrogens with one attached hydrogen (secondary N) is 1. The van der Waals surface area contributed by atoms with Gasteiger partial charge in [0.15, 0.2) is 10.6 Å². The predicted octanol–water partition coefficient (Wildman–Crippen LogP) is 2.93. The van der Waals surface area contributed by atoms with Gasteiger partial charge >= 0.3 is 0 Å². The van der Waals surface area contributed by atoms with E-state index < -0.39 is 0 Å². The summed E-state index contributed by atoms with van der Waals surface area (Å²) in [5.41, 5.74) is 3.44. The number of aromatic nitrogens is 5. The van der Waals surface area contributed by atoms with E-state index in [0.29, 0.717) is 4.77 Å². The molecule has 104 valence electrons. The maximum atomic E-state index is 5.44. The molecule has 1 N–H and O–H groups in total. The van der Waals surface area contributed by atoms with Gasteiger partial charge in [-0.15, -0.1) is 0 Å². The number of nitrogens with zero attached hydrogens (tertiary/aromatic N) is 4. The molecular formula is C15H13N5S. The quantitative estimate of drug-likeness (QED) is 0.738. The van der Waals surface area contributed by atoms with E-state index >= 15 is 0 Å². The van der Waals surface area contributed by atoms with Crippen LogP contribution in [0.25, 0.3) is 11.5 Å². The highest BCUT2D eigenvalue weighted by atomic mass is 32.1. The van der Waals surface area contributed by atoms with Crippen LogP contribution < -0.4 is 0 Å². The first-order valence-corrected chi connectivity index (χ1v) is 7.26. The highest BCUT2D eigenvalue weighted by Crippen LogP contribution is 2.36. The first-order valence-electron chi connectivity index (χ1n) is 6.85. The summed E-state index contributed by atoms with van der Waals surface area (Å²) in [7, 11) is 0. The number of aromatic amines is 1. The molecule has 0 aliphatic heterocycles. The second kappa shape index (κ2) is 4.89. The minimum Gasteiger partial charge on any atom is -0.291 e. The molecule has 1 aromatic carbocycles. The largest absolute Gasteiger partial charge is 0.291 e. The Kier molecular flexibility index (Phi) is 2.89. The second-order valence-electron chi connectivity index (χ2n) is 5.07. The molecule has 0 saturated carbocycles. The van der Waals surface area contributed by atoms with E-state index in [2.05, 4.69) is 49.0 Å². The van der Waals surface area contributed by atoms with Gasteiger partial charge in [0.2, 0.25) is 0 Å². The second-order valence-corrected chi connectivity index (χ2v) is 5.45. The summed E-state index contributed by atoms with van der Waals surface area (Å²) >= 11 is 5.44. The Labute approximate surface area is 126 Å². The van der Waals surface area contributed by atoms with Gasteiger partial charge in [-0.3, -0.25) is 14.6 Å². The van der Waals surface area contributed by atoms with Crippen molar-refractivity contribution >= 4 is 12.2 Å². The maximum Gasteiger partial charge on any atom is 0.196 e. The number of hydrogen-bond acceptors (Lipinski definition) is 4. The average Bonchev–Trinajstić information content (AvgIpc) is 3.11. The standard InChI is InChI=1S/C15H13N5S/c21-15-19-18-14(12-9-16-7-8-17-12)20(15)13-6-5-10-3-1-2-4-11(10)13/h1-4,7-9,13H,5-6H2,(H,19,21)/t13-/m0/s1. The maximum absolute atomic E-state index is 5.44. The van der Waals surface area contributed by atoms with Gasteiger partial charge in [0.25, 0.3) is 0 Å². The fraction of sp³-hybridized carbons (Fsp3) is 0.200.